The molecular formula is C31H34ClF5N4O2. The molecule has 1 amide bonds. The molecule has 4 atom stereocenters. The zero-order valence-corrected chi connectivity index (χ0v) is 24.5. The van der Waals surface area contributed by atoms with Crippen molar-refractivity contribution in [1.82, 2.24) is 20.4 Å². The van der Waals surface area contributed by atoms with Crippen molar-refractivity contribution in [2.75, 3.05) is 13.1 Å². The second kappa shape index (κ2) is 12.1. The van der Waals surface area contributed by atoms with Crippen molar-refractivity contribution >= 4 is 18.3 Å². The third-order valence-electron chi connectivity index (χ3n) is 9.46. The number of carbonyl (C=O) groups excluding carboxylic acids is 1. The Balaban J connectivity index is 0.00000368. The first-order valence-electron chi connectivity index (χ1n) is 14.5. The number of alkyl halides is 3. The van der Waals surface area contributed by atoms with E-state index in [2.05, 4.69) is 20.4 Å². The Morgan fingerprint density at radius 3 is 2.44 bits per heavy atom. The van der Waals surface area contributed by atoms with Gasteiger partial charge < -0.3 is 14.7 Å². The Bertz CT molecular complexity index is 1440. The van der Waals surface area contributed by atoms with Crippen LogP contribution in [-0.2, 0) is 17.5 Å². The number of nitrogens with zero attached hydrogens (tertiary/aromatic N) is 3. The molecule has 2 aromatic carbocycles. The maximum absolute atomic E-state index is 14.0. The van der Waals surface area contributed by atoms with Crippen LogP contribution in [0.2, 0.25) is 0 Å². The fraction of sp³-hybridized carbons (Fsp3) is 0.516. The van der Waals surface area contributed by atoms with E-state index in [0.29, 0.717) is 43.0 Å². The van der Waals surface area contributed by atoms with E-state index >= 15 is 0 Å². The molecule has 4 unspecified atom stereocenters. The summed E-state index contributed by atoms with van der Waals surface area (Å²) < 4.78 is 72.5. The van der Waals surface area contributed by atoms with Crippen molar-refractivity contribution in [2.24, 2.45) is 11.3 Å². The number of nitrogens with one attached hydrogen (secondary N) is 1. The van der Waals surface area contributed by atoms with Crippen LogP contribution in [0, 0.1) is 29.9 Å². The summed E-state index contributed by atoms with van der Waals surface area (Å²) in [5.74, 6) is -0.164. The number of benzene rings is 2. The van der Waals surface area contributed by atoms with Crippen LogP contribution >= 0.6 is 12.4 Å². The SMILES string of the molecule is Cc1noc(C2CC2C2(C(=O)NCc3cc(F)cc(C(F)(F)F)c3)CCC(N3CCC(c4ccc(F)cc4)CC3)C2)n1.Cl. The minimum Gasteiger partial charge on any atom is -0.352 e. The molecule has 2 heterocycles. The van der Waals surface area contributed by atoms with Crippen LogP contribution in [0.25, 0.3) is 0 Å². The largest absolute Gasteiger partial charge is 0.416 e. The molecule has 43 heavy (non-hydrogen) atoms. The maximum Gasteiger partial charge on any atom is 0.416 e. The van der Waals surface area contributed by atoms with Gasteiger partial charge in [0.15, 0.2) is 5.82 Å². The highest BCUT2D eigenvalue weighted by molar-refractivity contribution is 5.85. The summed E-state index contributed by atoms with van der Waals surface area (Å²) in [6.07, 6.45) is -0.0245. The quantitative estimate of drug-likeness (QED) is 0.289. The number of aryl methyl sites for hydroxylation is 1. The van der Waals surface area contributed by atoms with Crippen LogP contribution in [0.1, 0.15) is 78.8 Å². The highest BCUT2D eigenvalue weighted by Gasteiger charge is 2.62. The number of aromatic nitrogens is 2. The third kappa shape index (κ3) is 6.57. The number of likely N-dealkylation sites (tertiary alicyclic amines) is 1. The average Bonchev–Trinajstić information content (AvgIpc) is 3.44. The lowest BCUT2D eigenvalue weighted by Crippen LogP contribution is -2.44. The monoisotopic (exact) mass is 624 g/mol. The Hall–Kier alpha value is -3.05. The zero-order chi connectivity index (χ0) is 29.6. The maximum atomic E-state index is 14.0. The van der Waals surface area contributed by atoms with E-state index in [4.69, 9.17) is 4.52 Å². The summed E-state index contributed by atoms with van der Waals surface area (Å²) in [4.78, 5) is 20.7. The van der Waals surface area contributed by atoms with E-state index < -0.39 is 23.0 Å². The molecule has 1 aromatic heterocycles. The van der Waals surface area contributed by atoms with E-state index in [1.165, 1.54) is 12.1 Å². The number of carbonyl (C=O) groups is 1. The van der Waals surface area contributed by atoms with Gasteiger partial charge in [-0.25, -0.2) is 8.78 Å². The van der Waals surface area contributed by atoms with Crippen LogP contribution in [0.15, 0.2) is 47.0 Å². The summed E-state index contributed by atoms with van der Waals surface area (Å²) in [7, 11) is 0. The van der Waals surface area contributed by atoms with Gasteiger partial charge in [-0.3, -0.25) is 4.79 Å². The van der Waals surface area contributed by atoms with Crippen molar-refractivity contribution in [2.45, 2.75) is 76.0 Å². The van der Waals surface area contributed by atoms with Gasteiger partial charge in [0.25, 0.3) is 0 Å². The summed E-state index contributed by atoms with van der Waals surface area (Å²) >= 11 is 0. The Morgan fingerprint density at radius 1 is 1.07 bits per heavy atom. The molecule has 12 heteroatoms. The van der Waals surface area contributed by atoms with Gasteiger partial charge in [0.05, 0.1) is 11.0 Å². The number of hydrogen-bond donors (Lipinski definition) is 1. The molecule has 1 saturated heterocycles. The summed E-state index contributed by atoms with van der Waals surface area (Å²) in [6.45, 7) is 3.27. The molecule has 0 bridgehead atoms. The normalized spacial score (nSPS) is 26.2. The first kappa shape index (κ1) is 31.4. The predicted molar refractivity (Wildman–Crippen MR) is 150 cm³/mol. The molecular weight excluding hydrogens is 591 g/mol. The topological polar surface area (TPSA) is 71.3 Å². The fourth-order valence-corrected chi connectivity index (χ4v) is 7.22. The van der Waals surface area contributed by atoms with Gasteiger partial charge in [-0.2, -0.15) is 18.2 Å². The molecule has 0 spiro atoms. The summed E-state index contributed by atoms with van der Waals surface area (Å²) in [5, 5.41) is 6.75. The molecule has 3 fully saturated rings. The lowest BCUT2D eigenvalue weighted by molar-refractivity contribution is -0.137. The van der Waals surface area contributed by atoms with Gasteiger partial charge in [-0.05, 0) is 112 Å². The van der Waals surface area contributed by atoms with Gasteiger partial charge in [0.1, 0.15) is 11.6 Å². The summed E-state index contributed by atoms with van der Waals surface area (Å²) in [6, 6.07) is 9.22. The number of amides is 1. The first-order chi connectivity index (χ1) is 20.0. The van der Waals surface area contributed by atoms with E-state index in [0.717, 1.165) is 50.0 Å². The standard InChI is InChI=1S/C31H33F5N4O2.ClH/c1-18-38-28(42-39-18)26-15-27(26)30(29(41)37-17-19-12-22(31(34,35)36)14-24(33)13-19)9-6-25(16-30)40-10-7-21(8-11-40)20-2-4-23(32)5-3-20;/h2-5,12-14,21,25-27H,6-11,15-17H2,1H3,(H,37,41);1H. The van der Waals surface area contributed by atoms with E-state index in [9.17, 15) is 26.7 Å². The molecule has 1 N–H and O–H groups in total. The number of rotatable bonds is 7. The zero-order valence-electron chi connectivity index (χ0n) is 23.7. The van der Waals surface area contributed by atoms with Crippen molar-refractivity contribution in [1.29, 1.82) is 0 Å². The molecule has 0 radical (unpaired) electrons. The van der Waals surface area contributed by atoms with Crippen LogP contribution in [0.5, 0.6) is 0 Å². The van der Waals surface area contributed by atoms with Crippen LogP contribution in [0.4, 0.5) is 22.0 Å². The Labute approximate surface area is 252 Å². The number of halogens is 6. The lowest BCUT2D eigenvalue weighted by Gasteiger charge is -2.37. The van der Waals surface area contributed by atoms with Crippen molar-refractivity contribution < 1.29 is 31.3 Å². The smallest absolute Gasteiger partial charge is 0.352 e. The van der Waals surface area contributed by atoms with E-state index in [-0.39, 0.29) is 54.1 Å². The van der Waals surface area contributed by atoms with Gasteiger partial charge in [0, 0.05) is 18.5 Å². The molecule has 1 aliphatic heterocycles. The Morgan fingerprint density at radius 2 is 1.79 bits per heavy atom. The first-order valence-corrected chi connectivity index (χ1v) is 14.5. The molecule has 6 nitrogen and oxygen atoms in total. The third-order valence-corrected chi connectivity index (χ3v) is 9.46. The van der Waals surface area contributed by atoms with Gasteiger partial charge in [-0.1, -0.05) is 17.3 Å². The van der Waals surface area contributed by atoms with Gasteiger partial charge >= 0.3 is 6.18 Å². The minimum atomic E-state index is -4.69. The van der Waals surface area contributed by atoms with Crippen LogP contribution < -0.4 is 5.32 Å². The minimum absolute atomic E-state index is 0. The Kier molecular flexibility index (Phi) is 8.87. The molecule has 3 aliphatic rings. The van der Waals surface area contributed by atoms with Crippen LogP contribution in [-0.4, -0.2) is 40.1 Å². The predicted octanol–water partition coefficient (Wildman–Crippen LogP) is 6.94. The molecule has 232 valence electrons. The van der Waals surface area contributed by atoms with Crippen molar-refractivity contribution in [3.05, 3.63) is 82.5 Å². The second-order valence-corrected chi connectivity index (χ2v) is 12.1. The van der Waals surface area contributed by atoms with E-state index in [1.54, 1.807) is 6.92 Å². The number of hydrogen-bond acceptors (Lipinski definition) is 5. The average molecular weight is 625 g/mol. The van der Waals surface area contributed by atoms with Crippen molar-refractivity contribution in [3.8, 4) is 0 Å². The summed E-state index contributed by atoms with van der Waals surface area (Å²) in [5.41, 5.74) is -0.632. The lowest BCUT2D eigenvalue weighted by atomic mass is 9.78. The second-order valence-electron chi connectivity index (χ2n) is 12.1. The molecule has 2 saturated carbocycles. The van der Waals surface area contributed by atoms with E-state index in [1.807, 2.05) is 12.1 Å². The highest BCUT2D eigenvalue weighted by atomic mass is 35.5. The van der Waals surface area contributed by atoms with Crippen molar-refractivity contribution in [3.63, 3.8) is 0 Å². The molecule has 2 aliphatic carbocycles. The highest BCUT2D eigenvalue weighted by Crippen LogP contribution is 2.63. The molecule has 6 rings (SSSR count). The number of piperidine rings is 1. The van der Waals surface area contributed by atoms with Gasteiger partial charge in [0.2, 0.25) is 11.8 Å². The van der Waals surface area contributed by atoms with Gasteiger partial charge in [-0.15, -0.1) is 12.4 Å². The molecule has 3 aromatic rings. The fourth-order valence-electron chi connectivity index (χ4n) is 7.22. The van der Waals surface area contributed by atoms with Crippen LogP contribution in [0.3, 0.4) is 0 Å².